The highest BCUT2D eigenvalue weighted by Gasteiger charge is 2.52. The second kappa shape index (κ2) is 7.96. The Morgan fingerprint density at radius 2 is 1.87 bits per heavy atom. The van der Waals surface area contributed by atoms with E-state index in [1.165, 1.54) is 24.3 Å². The van der Waals surface area contributed by atoms with Crippen LogP contribution in [0, 0.1) is 5.41 Å². The molecule has 1 saturated heterocycles. The van der Waals surface area contributed by atoms with Gasteiger partial charge in [-0.05, 0) is 49.8 Å². The number of rotatable bonds is 5. The summed E-state index contributed by atoms with van der Waals surface area (Å²) in [6, 6.07) is 5.65. The van der Waals surface area contributed by atoms with Crippen molar-refractivity contribution in [2.45, 2.75) is 70.3 Å². The molecule has 1 saturated carbocycles. The fourth-order valence-electron chi connectivity index (χ4n) is 5.00. The molecule has 2 fully saturated rings. The molecule has 0 spiro atoms. The van der Waals surface area contributed by atoms with Crippen molar-refractivity contribution < 1.29 is 27.5 Å². The fraction of sp³-hybridized carbons (Fsp3) is 0.545. The van der Waals surface area contributed by atoms with E-state index >= 15 is 0 Å². The molecule has 5 nitrogen and oxygen atoms in total. The average Bonchev–Trinajstić information content (AvgIpc) is 3.36. The lowest BCUT2D eigenvalue weighted by Crippen LogP contribution is -2.52. The summed E-state index contributed by atoms with van der Waals surface area (Å²) < 4.78 is 40.7. The molecule has 4 rings (SSSR count). The minimum absolute atomic E-state index is 0.110. The molecule has 1 aliphatic heterocycles. The van der Waals surface area contributed by atoms with Crippen LogP contribution in [0.4, 0.5) is 13.2 Å². The van der Waals surface area contributed by atoms with Gasteiger partial charge in [0.2, 0.25) is 11.8 Å². The van der Waals surface area contributed by atoms with Gasteiger partial charge in [-0.1, -0.05) is 31.1 Å². The number of ether oxygens (including phenoxy) is 1. The van der Waals surface area contributed by atoms with Crippen molar-refractivity contribution >= 4 is 11.8 Å². The normalized spacial score (nSPS) is 24.6. The summed E-state index contributed by atoms with van der Waals surface area (Å²) in [6.45, 7) is 0.206. The number of benzene rings is 1. The van der Waals surface area contributed by atoms with E-state index in [4.69, 9.17) is 0 Å². The Hall–Kier alpha value is -2.51. The smallest absolute Gasteiger partial charge is 0.406 e. The number of fused-ring (bicyclic) bond motifs is 1. The molecule has 162 valence electrons. The summed E-state index contributed by atoms with van der Waals surface area (Å²) in [7, 11) is 0. The van der Waals surface area contributed by atoms with Crippen LogP contribution in [0.15, 0.2) is 36.0 Å². The molecule has 1 unspecified atom stereocenters. The molecule has 1 N–H and O–H groups in total. The first-order valence-electron chi connectivity index (χ1n) is 10.4. The largest absolute Gasteiger partial charge is 0.573 e. The lowest BCUT2D eigenvalue weighted by atomic mass is 9.75. The van der Waals surface area contributed by atoms with E-state index in [1.807, 2.05) is 11.0 Å². The molecule has 0 radical (unpaired) electrons. The van der Waals surface area contributed by atoms with Gasteiger partial charge in [-0.3, -0.25) is 9.59 Å². The number of halogens is 3. The van der Waals surface area contributed by atoms with Crippen LogP contribution in [-0.4, -0.2) is 29.1 Å². The van der Waals surface area contributed by atoms with Gasteiger partial charge in [-0.2, -0.15) is 0 Å². The third-order valence-electron chi connectivity index (χ3n) is 6.43. The molecular formula is C22H25F3N2O3. The van der Waals surface area contributed by atoms with E-state index in [9.17, 15) is 22.8 Å². The maximum absolute atomic E-state index is 13.2. The van der Waals surface area contributed by atoms with E-state index in [2.05, 4.69) is 10.1 Å². The van der Waals surface area contributed by atoms with Gasteiger partial charge < -0.3 is 15.0 Å². The van der Waals surface area contributed by atoms with Crippen molar-refractivity contribution in [3.05, 3.63) is 41.6 Å². The zero-order chi connectivity index (χ0) is 21.4. The van der Waals surface area contributed by atoms with Gasteiger partial charge in [0.05, 0.1) is 5.41 Å². The van der Waals surface area contributed by atoms with Crippen molar-refractivity contribution in [2.75, 3.05) is 0 Å². The summed E-state index contributed by atoms with van der Waals surface area (Å²) in [6.07, 6.45) is 3.80. The van der Waals surface area contributed by atoms with Gasteiger partial charge in [0.1, 0.15) is 5.75 Å². The number of likely N-dealkylation sites (tertiary alicyclic amines) is 1. The lowest BCUT2D eigenvalue weighted by Gasteiger charge is -2.44. The highest BCUT2D eigenvalue weighted by molar-refractivity contribution is 5.91. The number of amides is 2. The molecule has 1 heterocycles. The molecule has 1 atom stereocenters. The Balaban J connectivity index is 1.44. The van der Waals surface area contributed by atoms with E-state index in [1.54, 1.807) is 0 Å². The van der Waals surface area contributed by atoms with Crippen LogP contribution in [0.3, 0.4) is 0 Å². The number of carbonyl (C=O) groups excluding carboxylic acids is 2. The Morgan fingerprint density at radius 3 is 2.53 bits per heavy atom. The third kappa shape index (κ3) is 4.04. The topological polar surface area (TPSA) is 58.6 Å². The van der Waals surface area contributed by atoms with E-state index in [0.29, 0.717) is 24.8 Å². The zero-order valence-electron chi connectivity index (χ0n) is 16.6. The SMILES string of the molecule is O=C1CCC2(C(=O)NCc3ccc(OC(F)(F)F)cc3)CCC=C2N1C1CCCC1. The van der Waals surface area contributed by atoms with Crippen molar-refractivity contribution in [3.8, 4) is 5.75 Å². The van der Waals surface area contributed by atoms with Crippen LogP contribution in [0.5, 0.6) is 5.75 Å². The highest BCUT2D eigenvalue weighted by Crippen LogP contribution is 2.50. The molecule has 0 aromatic heterocycles. The van der Waals surface area contributed by atoms with Crippen LogP contribution in [0.2, 0.25) is 0 Å². The number of piperidine rings is 1. The number of nitrogens with zero attached hydrogens (tertiary/aromatic N) is 1. The molecule has 1 aromatic carbocycles. The Kier molecular flexibility index (Phi) is 5.51. The molecule has 1 aromatic rings. The summed E-state index contributed by atoms with van der Waals surface area (Å²) in [5, 5.41) is 2.94. The first kappa shape index (κ1) is 20.8. The highest BCUT2D eigenvalue weighted by atomic mass is 19.4. The standard InChI is InChI=1S/C22H25F3N2O3/c23-22(24,25)30-17-9-7-15(8-10-17)14-26-20(29)21-12-3-6-18(21)27(19(28)11-13-21)16-4-1-2-5-16/h6-10,16H,1-5,11-14H2,(H,26,29). The van der Waals surface area contributed by atoms with Gasteiger partial charge in [0.25, 0.3) is 0 Å². The average molecular weight is 422 g/mol. The molecule has 2 aliphatic carbocycles. The first-order chi connectivity index (χ1) is 14.3. The molecule has 30 heavy (non-hydrogen) atoms. The molecule has 8 heteroatoms. The lowest BCUT2D eigenvalue weighted by molar-refractivity contribution is -0.274. The van der Waals surface area contributed by atoms with E-state index < -0.39 is 11.8 Å². The number of nitrogens with one attached hydrogen (secondary N) is 1. The summed E-state index contributed by atoms with van der Waals surface area (Å²) >= 11 is 0. The molecule has 0 bridgehead atoms. The molecular weight excluding hydrogens is 397 g/mol. The summed E-state index contributed by atoms with van der Waals surface area (Å²) in [4.78, 5) is 27.8. The van der Waals surface area contributed by atoms with Crippen molar-refractivity contribution in [1.82, 2.24) is 10.2 Å². The fourth-order valence-corrected chi connectivity index (χ4v) is 5.00. The second-order valence-electron chi connectivity index (χ2n) is 8.29. The predicted molar refractivity (Wildman–Crippen MR) is 103 cm³/mol. The van der Waals surface area contributed by atoms with Crippen molar-refractivity contribution in [3.63, 3.8) is 0 Å². The number of alkyl halides is 3. The minimum atomic E-state index is -4.73. The Morgan fingerprint density at radius 1 is 1.17 bits per heavy atom. The minimum Gasteiger partial charge on any atom is -0.406 e. The maximum atomic E-state index is 13.2. The summed E-state index contributed by atoms with van der Waals surface area (Å²) in [5.41, 5.74) is 0.852. The van der Waals surface area contributed by atoms with Crippen LogP contribution in [0.1, 0.15) is 56.9 Å². The van der Waals surface area contributed by atoms with Gasteiger partial charge in [0, 0.05) is 24.7 Å². The predicted octanol–water partition coefficient (Wildman–Crippen LogP) is 4.43. The maximum Gasteiger partial charge on any atom is 0.573 e. The monoisotopic (exact) mass is 422 g/mol. The van der Waals surface area contributed by atoms with Crippen LogP contribution >= 0.6 is 0 Å². The van der Waals surface area contributed by atoms with Crippen molar-refractivity contribution in [1.29, 1.82) is 0 Å². The van der Waals surface area contributed by atoms with Gasteiger partial charge in [-0.15, -0.1) is 13.2 Å². The number of hydrogen-bond acceptors (Lipinski definition) is 3. The molecule has 3 aliphatic rings. The van der Waals surface area contributed by atoms with Gasteiger partial charge >= 0.3 is 6.36 Å². The van der Waals surface area contributed by atoms with Crippen LogP contribution in [0.25, 0.3) is 0 Å². The number of carbonyl (C=O) groups is 2. The Bertz CT molecular complexity index is 844. The van der Waals surface area contributed by atoms with E-state index in [0.717, 1.165) is 37.8 Å². The Labute approximate surface area is 173 Å². The van der Waals surface area contributed by atoms with Crippen LogP contribution in [-0.2, 0) is 16.1 Å². The second-order valence-corrected chi connectivity index (χ2v) is 8.29. The zero-order valence-corrected chi connectivity index (χ0v) is 16.6. The molecule has 2 amide bonds. The van der Waals surface area contributed by atoms with Crippen LogP contribution < -0.4 is 10.1 Å². The third-order valence-corrected chi connectivity index (χ3v) is 6.43. The van der Waals surface area contributed by atoms with Gasteiger partial charge in [0.15, 0.2) is 0 Å². The van der Waals surface area contributed by atoms with Gasteiger partial charge in [-0.25, -0.2) is 0 Å². The first-order valence-corrected chi connectivity index (χ1v) is 10.4. The van der Waals surface area contributed by atoms with E-state index in [-0.39, 0.29) is 30.2 Å². The van der Waals surface area contributed by atoms with Crippen molar-refractivity contribution in [2.24, 2.45) is 5.41 Å². The number of allylic oxidation sites excluding steroid dienone is 1. The summed E-state index contributed by atoms with van der Waals surface area (Å²) in [5.74, 6) is -0.300. The quantitative estimate of drug-likeness (QED) is 0.764. The number of hydrogen-bond donors (Lipinski definition) is 1.